The lowest BCUT2D eigenvalue weighted by molar-refractivity contribution is -0.140. The molecule has 0 fully saturated rings. The summed E-state index contributed by atoms with van der Waals surface area (Å²) in [5.74, 6) is -0.818. The molecule has 0 N–H and O–H groups in total. The van der Waals surface area contributed by atoms with E-state index in [0.29, 0.717) is 5.57 Å². The second-order valence-corrected chi connectivity index (χ2v) is 4.15. The van der Waals surface area contributed by atoms with Gasteiger partial charge in [0.05, 0.1) is 5.41 Å². The van der Waals surface area contributed by atoms with Crippen LogP contribution in [0.25, 0.3) is 0 Å². The average Bonchev–Trinajstić information content (AvgIpc) is 2.13. The molecule has 0 atom stereocenters. The fourth-order valence-corrected chi connectivity index (χ4v) is 1.25. The summed E-state index contributed by atoms with van der Waals surface area (Å²) in [6.07, 6.45) is 0.213. The van der Waals surface area contributed by atoms with Crippen LogP contribution in [0, 0.1) is 5.41 Å². The highest BCUT2D eigenvalue weighted by molar-refractivity contribution is 6.04. The van der Waals surface area contributed by atoms with E-state index in [2.05, 4.69) is 6.58 Å². The van der Waals surface area contributed by atoms with Gasteiger partial charge in [0.2, 0.25) is 0 Å². The lowest BCUT2D eigenvalue weighted by Crippen LogP contribution is -2.34. The molecule has 0 bridgehead atoms. The molecule has 0 rings (SSSR count). The Kier molecular flexibility index (Phi) is 5.08. The van der Waals surface area contributed by atoms with Gasteiger partial charge in [0.25, 0.3) is 0 Å². The van der Waals surface area contributed by atoms with Crippen LogP contribution in [0.15, 0.2) is 12.2 Å². The van der Waals surface area contributed by atoms with Crippen molar-refractivity contribution < 1.29 is 19.1 Å². The minimum atomic E-state index is -1.06. The van der Waals surface area contributed by atoms with E-state index < -0.39 is 11.4 Å². The van der Waals surface area contributed by atoms with E-state index in [-0.39, 0.29) is 24.6 Å². The molecule has 0 aliphatic rings. The van der Waals surface area contributed by atoms with E-state index in [0.717, 1.165) is 0 Å². The molecular weight excluding hydrogens is 208 g/mol. The Morgan fingerprint density at radius 2 is 1.56 bits per heavy atom. The number of esters is 1. The average molecular weight is 226 g/mol. The predicted molar refractivity (Wildman–Crippen MR) is 59.9 cm³/mol. The van der Waals surface area contributed by atoms with Gasteiger partial charge in [-0.2, -0.15) is 0 Å². The first-order valence-electron chi connectivity index (χ1n) is 5.02. The Morgan fingerprint density at radius 3 is 1.88 bits per heavy atom. The molecule has 0 aromatic rings. The fraction of sp³-hybridized carbons (Fsp3) is 0.583. The van der Waals surface area contributed by atoms with E-state index in [1.165, 1.54) is 20.8 Å². The molecule has 0 heterocycles. The molecule has 0 unspecified atom stereocenters. The zero-order valence-electron chi connectivity index (χ0n) is 10.3. The zero-order chi connectivity index (χ0) is 12.9. The largest absolute Gasteiger partial charge is 0.461 e. The quantitative estimate of drug-likeness (QED) is 0.393. The van der Waals surface area contributed by atoms with Crippen molar-refractivity contribution in [2.24, 2.45) is 5.41 Å². The van der Waals surface area contributed by atoms with Crippen molar-refractivity contribution in [1.82, 2.24) is 0 Å². The molecule has 0 aromatic heterocycles. The van der Waals surface area contributed by atoms with E-state index in [9.17, 15) is 14.4 Å². The van der Waals surface area contributed by atoms with Crippen LogP contribution in [-0.2, 0) is 19.1 Å². The number of Topliss-reactive ketones (excluding diaryl/α,β-unsaturated/α-hetero) is 2. The van der Waals surface area contributed by atoms with Crippen molar-refractivity contribution in [2.75, 3.05) is 6.61 Å². The number of hydrogen-bond donors (Lipinski definition) is 0. The SMILES string of the molecule is C=C(COC(C)=O)CC(C)(C(C)=O)C(C)=O. The highest BCUT2D eigenvalue weighted by Crippen LogP contribution is 2.27. The molecule has 0 aromatic carbocycles. The summed E-state index contributed by atoms with van der Waals surface area (Å²) < 4.78 is 4.75. The summed E-state index contributed by atoms with van der Waals surface area (Å²) in [6.45, 7) is 9.37. The van der Waals surface area contributed by atoms with Crippen LogP contribution < -0.4 is 0 Å². The van der Waals surface area contributed by atoms with Crippen LogP contribution in [0.2, 0.25) is 0 Å². The van der Waals surface area contributed by atoms with Gasteiger partial charge in [-0.1, -0.05) is 6.58 Å². The number of rotatable bonds is 6. The Bertz CT molecular complexity index is 314. The summed E-state index contributed by atoms with van der Waals surface area (Å²) in [5, 5.41) is 0. The second kappa shape index (κ2) is 5.58. The maximum atomic E-state index is 11.4. The topological polar surface area (TPSA) is 60.4 Å². The van der Waals surface area contributed by atoms with Gasteiger partial charge in [-0.3, -0.25) is 14.4 Å². The summed E-state index contributed by atoms with van der Waals surface area (Å²) >= 11 is 0. The lowest BCUT2D eigenvalue weighted by Gasteiger charge is -2.24. The number of ketones is 2. The predicted octanol–water partition coefficient (Wildman–Crippen LogP) is 1.68. The van der Waals surface area contributed by atoms with Crippen molar-refractivity contribution in [3.05, 3.63) is 12.2 Å². The van der Waals surface area contributed by atoms with Gasteiger partial charge in [-0.05, 0) is 32.8 Å². The van der Waals surface area contributed by atoms with Crippen molar-refractivity contribution in [2.45, 2.75) is 34.1 Å². The molecule has 0 aliphatic carbocycles. The standard InChI is InChI=1S/C12H18O4/c1-8(7-16-11(4)15)6-12(5,9(2)13)10(3)14/h1,6-7H2,2-5H3. The first kappa shape index (κ1) is 14.6. The fourth-order valence-electron chi connectivity index (χ4n) is 1.25. The maximum Gasteiger partial charge on any atom is 0.302 e. The minimum absolute atomic E-state index is 0.0471. The molecule has 0 aliphatic heterocycles. The molecule has 4 heteroatoms. The van der Waals surface area contributed by atoms with Gasteiger partial charge < -0.3 is 4.74 Å². The summed E-state index contributed by atoms with van der Waals surface area (Å²) in [6, 6.07) is 0. The maximum absolute atomic E-state index is 11.4. The molecule has 0 amide bonds. The van der Waals surface area contributed by atoms with Crippen molar-refractivity contribution >= 4 is 17.5 Å². The summed E-state index contributed by atoms with van der Waals surface area (Å²) in [7, 11) is 0. The van der Waals surface area contributed by atoms with E-state index in [4.69, 9.17) is 4.74 Å². The molecule has 16 heavy (non-hydrogen) atoms. The van der Waals surface area contributed by atoms with Crippen LogP contribution >= 0.6 is 0 Å². The highest BCUT2D eigenvalue weighted by atomic mass is 16.5. The Morgan fingerprint density at radius 1 is 1.12 bits per heavy atom. The second-order valence-electron chi connectivity index (χ2n) is 4.15. The zero-order valence-corrected chi connectivity index (χ0v) is 10.3. The monoisotopic (exact) mass is 226 g/mol. The number of carbonyl (C=O) groups excluding carboxylic acids is 3. The van der Waals surface area contributed by atoms with Crippen LogP contribution in [0.1, 0.15) is 34.1 Å². The number of hydrogen-bond acceptors (Lipinski definition) is 4. The normalized spacial score (nSPS) is 10.8. The van der Waals surface area contributed by atoms with Crippen LogP contribution in [0.5, 0.6) is 0 Å². The van der Waals surface area contributed by atoms with Gasteiger partial charge in [0.15, 0.2) is 0 Å². The molecule has 0 radical (unpaired) electrons. The smallest absolute Gasteiger partial charge is 0.302 e. The third-order valence-corrected chi connectivity index (χ3v) is 2.64. The molecule has 0 spiro atoms. The van der Waals surface area contributed by atoms with Crippen molar-refractivity contribution in [3.63, 3.8) is 0 Å². The Hall–Kier alpha value is -1.45. The molecular formula is C12H18O4. The van der Waals surface area contributed by atoms with Gasteiger partial charge in [0.1, 0.15) is 18.2 Å². The van der Waals surface area contributed by atoms with E-state index >= 15 is 0 Å². The third kappa shape index (κ3) is 3.96. The minimum Gasteiger partial charge on any atom is -0.461 e. The van der Waals surface area contributed by atoms with Crippen LogP contribution in [-0.4, -0.2) is 24.1 Å². The summed E-state index contributed by atoms with van der Waals surface area (Å²) in [5.41, 5.74) is -0.500. The lowest BCUT2D eigenvalue weighted by atomic mass is 9.77. The van der Waals surface area contributed by atoms with E-state index in [1.54, 1.807) is 6.92 Å². The van der Waals surface area contributed by atoms with Gasteiger partial charge in [0, 0.05) is 6.92 Å². The van der Waals surface area contributed by atoms with Gasteiger partial charge in [-0.25, -0.2) is 0 Å². The Labute approximate surface area is 95.7 Å². The number of ether oxygens (including phenoxy) is 1. The first-order chi connectivity index (χ1) is 7.20. The molecule has 4 nitrogen and oxygen atoms in total. The van der Waals surface area contributed by atoms with Gasteiger partial charge >= 0.3 is 5.97 Å². The van der Waals surface area contributed by atoms with E-state index in [1.807, 2.05) is 0 Å². The van der Waals surface area contributed by atoms with Crippen molar-refractivity contribution in [3.8, 4) is 0 Å². The molecule has 90 valence electrons. The van der Waals surface area contributed by atoms with Crippen LogP contribution in [0.4, 0.5) is 0 Å². The third-order valence-electron chi connectivity index (χ3n) is 2.64. The molecule has 0 saturated carbocycles. The number of carbonyl (C=O) groups is 3. The molecule has 0 saturated heterocycles. The van der Waals surface area contributed by atoms with Crippen LogP contribution in [0.3, 0.4) is 0 Å². The first-order valence-corrected chi connectivity index (χ1v) is 5.02. The Balaban J connectivity index is 4.54. The summed E-state index contributed by atoms with van der Waals surface area (Å²) in [4.78, 5) is 33.4. The van der Waals surface area contributed by atoms with Gasteiger partial charge in [-0.15, -0.1) is 0 Å². The van der Waals surface area contributed by atoms with Crippen molar-refractivity contribution in [1.29, 1.82) is 0 Å². The highest BCUT2D eigenvalue weighted by Gasteiger charge is 2.35.